The van der Waals surface area contributed by atoms with Gasteiger partial charge in [0.1, 0.15) is 6.04 Å². The molecule has 0 aliphatic carbocycles. The maximum Gasteiger partial charge on any atom is 0.411 e. The first-order valence-electron chi connectivity index (χ1n) is 6.90. The van der Waals surface area contributed by atoms with Gasteiger partial charge in [0.05, 0.1) is 17.6 Å². The molecule has 1 atom stereocenters. The van der Waals surface area contributed by atoms with Crippen molar-refractivity contribution in [2.24, 2.45) is 0 Å². The van der Waals surface area contributed by atoms with Crippen molar-refractivity contribution < 1.29 is 29.5 Å². The average Bonchev–Trinajstić information content (AvgIpc) is 2.43. The quantitative estimate of drug-likeness (QED) is 0.638. The third-order valence-electron chi connectivity index (χ3n) is 3.48. The van der Waals surface area contributed by atoms with E-state index in [9.17, 15) is 29.9 Å². The largest absolute Gasteiger partial charge is 0.502 e. The lowest BCUT2D eigenvalue weighted by Gasteiger charge is -2.34. The Morgan fingerprint density at radius 2 is 2.04 bits per heavy atom. The Morgan fingerprint density at radius 3 is 2.57 bits per heavy atom. The molecule has 1 aliphatic rings. The van der Waals surface area contributed by atoms with Gasteiger partial charge in [0.25, 0.3) is 0 Å². The maximum atomic E-state index is 12.1. The molecule has 1 aliphatic heterocycles. The molecule has 0 saturated carbocycles. The van der Waals surface area contributed by atoms with Gasteiger partial charge in [-0.25, -0.2) is 9.59 Å². The van der Waals surface area contributed by atoms with Crippen molar-refractivity contribution in [3.05, 3.63) is 33.4 Å². The number of phenols is 1. The second-order valence-electron chi connectivity index (χ2n) is 5.49. The number of hydrogen-bond acceptors (Lipinski definition) is 6. The Kier molecular flexibility index (Phi) is 4.39. The minimum atomic E-state index is -1.23. The smallest absolute Gasteiger partial charge is 0.411 e. The van der Waals surface area contributed by atoms with Crippen LogP contribution in [0.4, 0.5) is 10.5 Å². The molecular weight excluding hydrogens is 308 g/mol. The predicted octanol–water partition coefficient (Wildman–Crippen LogP) is 1.66. The molecule has 2 rings (SSSR count). The highest BCUT2D eigenvalue weighted by molar-refractivity contribution is 5.81. The highest BCUT2D eigenvalue weighted by atomic mass is 16.6. The number of carboxylic acid groups (broad SMARTS) is 1. The SMILES string of the molecule is CC(C)OC(=O)N1Cc2cc(O)c([N+](=O)[O-])cc2C[C@H]1C(=O)O. The van der Waals surface area contributed by atoms with E-state index in [-0.39, 0.29) is 13.0 Å². The van der Waals surface area contributed by atoms with Crippen LogP contribution < -0.4 is 0 Å². The third-order valence-corrected chi connectivity index (χ3v) is 3.48. The van der Waals surface area contributed by atoms with Crippen molar-refractivity contribution in [3.8, 4) is 5.75 Å². The molecular formula is C14H16N2O7. The van der Waals surface area contributed by atoms with E-state index in [1.54, 1.807) is 13.8 Å². The first-order valence-corrected chi connectivity index (χ1v) is 6.90. The molecule has 0 spiro atoms. The summed E-state index contributed by atoms with van der Waals surface area (Å²) in [7, 11) is 0. The number of phenolic OH excluding ortho intramolecular Hbond substituents is 1. The number of carboxylic acids is 1. The van der Waals surface area contributed by atoms with E-state index < -0.39 is 40.6 Å². The van der Waals surface area contributed by atoms with E-state index >= 15 is 0 Å². The Balaban J connectivity index is 2.40. The van der Waals surface area contributed by atoms with Gasteiger partial charge in [-0.3, -0.25) is 15.0 Å². The van der Waals surface area contributed by atoms with Crippen LogP contribution in [0.2, 0.25) is 0 Å². The standard InChI is InChI=1S/C14H16N2O7/c1-7(2)23-14(20)15-6-9-5-12(17)10(16(21)22)3-8(9)4-11(15)13(18)19/h3,5,7,11,17H,4,6H2,1-2H3,(H,18,19)/t11-/m0/s1. The van der Waals surface area contributed by atoms with Crippen molar-refractivity contribution in [3.63, 3.8) is 0 Å². The predicted molar refractivity (Wildman–Crippen MR) is 77.0 cm³/mol. The summed E-state index contributed by atoms with van der Waals surface area (Å²) in [6, 6.07) is 1.14. The molecule has 0 bridgehead atoms. The van der Waals surface area contributed by atoms with E-state index in [0.717, 1.165) is 11.0 Å². The summed E-state index contributed by atoms with van der Waals surface area (Å²) in [5.74, 6) is -1.76. The van der Waals surface area contributed by atoms with Crippen LogP contribution in [0.25, 0.3) is 0 Å². The zero-order valence-corrected chi connectivity index (χ0v) is 12.6. The van der Waals surface area contributed by atoms with E-state index in [1.165, 1.54) is 6.07 Å². The number of benzene rings is 1. The van der Waals surface area contributed by atoms with E-state index in [2.05, 4.69) is 0 Å². The van der Waals surface area contributed by atoms with Crippen molar-refractivity contribution in [1.29, 1.82) is 0 Å². The van der Waals surface area contributed by atoms with Gasteiger partial charge in [-0.15, -0.1) is 0 Å². The van der Waals surface area contributed by atoms with Crippen molar-refractivity contribution in [1.82, 2.24) is 4.90 Å². The minimum Gasteiger partial charge on any atom is -0.502 e. The lowest BCUT2D eigenvalue weighted by molar-refractivity contribution is -0.386. The molecule has 9 heteroatoms. The highest BCUT2D eigenvalue weighted by Gasteiger charge is 2.37. The number of aromatic hydroxyl groups is 1. The zero-order valence-electron chi connectivity index (χ0n) is 12.6. The second kappa shape index (κ2) is 6.11. The molecule has 0 fully saturated rings. The second-order valence-corrected chi connectivity index (χ2v) is 5.49. The van der Waals surface area contributed by atoms with Gasteiger partial charge in [0.15, 0.2) is 5.75 Å². The fourth-order valence-electron chi connectivity index (χ4n) is 2.44. The van der Waals surface area contributed by atoms with Crippen molar-refractivity contribution in [2.75, 3.05) is 0 Å². The number of rotatable bonds is 3. The number of aliphatic carboxylic acids is 1. The van der Waals surface area contributed by atoms with Gasteiger partial charge in [-0.2, -0.15) is 0 Å². The van der Waals surface area contributed by atoms with Crippen LogP contribution in [-0.4, -0.2) is 44.2 Å². The van der Waals surface area contributed by atoms with Crippen LogP contribution in [0.5, 0.6) is 5.75 Å². The Bertz CT molecular complexity index is 671. The Hall–Kier alpha value is -2.84. The van der Waals surface area contributed by atoms with Gasteiger partial charge < -0.3 is 14.9 Å². The van der Waals surface area contributed by atoms with Crippen LogP contribution in [0, 0.1) is 10.1 Å². The van der Waals surface area contributed by atoms with Crippen molar-refractivity contribution in [2.45, 2.75) is 39.0 Å². The first-order chi connectivity index (χ1) is 10.7. The van der Waals surface area contributed by atoms with Gasteiger partial charge >= 0.3 is 17.7 Å². The third kappa shape index (κ3) is 3.33. The van der Waals surface area contributed by atoms with Crippen LogP contribution in [0.15, 0.2) is 12.1 Å². The molecule has 1 amide bonds. The summed E-state index contributed by atoms with van der Waals surface area (Å²) in [5.41, 5.74) is 0.368. The zero-order chi connectivity index (χ0) is 17.3. The molecule has 0 aromatic heterocycles. The van der Waals surface area contributed by atoms with Crippen LogP contribution in [-0.2, 0) is 22.5 Å². The summed E-state index contributed by atoms with van der Waals surface area (Å²) in [5, 5.41) is 29.9. The molecule has 1 aromatic rings. The molecule has 1 heterocycles. The van der Waals surface area contributed by atoms with Crippen LogP contribution in [0.1, 0.15) is 25.0 Å². The fourth-order valence-corrected chi connectivity index (χ4v) is 2.44. The molecule has 2 N–H and O–H groups in total. The summed E-state index contributed by atoms with van der Waals surface area (Å²) < 4.78 is 5.03. The summed E-state index contributed by atoms with van der Waals surface area (Å²) >= 11 is 0. The molecule has 1 aromatic carbocycles. The molecule has 124 valence electrons. The molecule has 9 nitrogen and oxygen atoms in total. The monoisotopic (exact) mass is 324 g/mol. The first kappa shape index (κ1) is 16.5. The van der Waals surface area contributed by atoms with E-state index in [1.807, 2.05) is 0 Å². The number of nitrogens with zero attached hydrogens (tertiary/aromatic N) is 2. The van der Waals surface area contributed by atoms with Gasteiger partial charge in [0, 0.05) is 12.5 Å². The lowest BCUT2D eigenvalue weighted by Crippen LogP contribution is -2.49. The normalized spacial score (nSPS) is 16.8. The average molecular weight is 324 g/mol. The fraction of sp³-hybridized carbons (Fsp3) is 0.429. The number of nitro groups is 1. The minimum absolute atomic E-state index is 0.0982. The summed E-state index contributed by atoms with van der Waals surface area (Å²) in [6.45, 7) is 3.17. The lowest BCUT2D eigenvalue weighted by atomic mass is 9.93. The highest BCUT2D eigenvalue weighted by Crippen LogP contribution is 2.34. The molecule has 0 radical (unpaired) electrons. The van der Waals surface area contributed by atoms with E-state index in [4.69, 9.17) is 4.74 Å². The number of amides is 1. The maximum absolute atomic E-state index is 12.1. The number of hydrogen-bond donors (Lipinski definition) is 2. The van der Waals surface area contributed by atoms with Crippen LogP contribution >= 0.6 is 0 Å². The van der Waals surface area contributed by atoms with E-state index in [0.29, 0.717) is 11.1 Å². The summed E-state index contributed by atoms with van der Waals surface area (Å²) in [6.07, 6.45) is -1.29. The van der Waals surface area contributed by atoms with Gasteiger partial charge in [-0.1, -0.05) is 0 Å². The molecule has 0 saturated heterocycles. The topological polar surface area (TPSA) is 130 Å². The number of carbonyl (C=O) groups excluding carboxylic acids is 1. The number of fused-ring (bicyclic) bond motifs is 1. The molecule has 23 heavy (non-hydrogen) atoms. The molecule has 0 unspecified atom stereocenters. The van der Waals surface area contributed by atoms with Crippen LogP contribution in [0.3, 0.4) is 0 Å². The number of ether oxygens (including phenoxy) is 1. The number of carbonyl (C=O) groups is 2. The van der Waals surface area contributed by atoms with Crippen molar-refractivity contribution >= 4 is 17.7 Å². The van der Waals surface area contributed by atoms with Gasteiger partial charge in [-0.05, 0) is 31.0 Å². The Morgan fingerprint density at radius 1 is 1.39 bits per heavy atom. The summed E-state index contributed by atoms with van der Waals surface area (Å²) in [4.78, 5) is 34.6. The number of nitro benzene ring substituents is 1. The Labute approximate surface area is 131 Å². The van der Waals surface area contributed by atoms with Gasteiger partial charge in [0.2, 0.25) is 0 Å².